The molecule has 0 radical (unpaired) electrons. The van der Waals surface area contributed by atoms with Gasteiger partial charge in [0.25, 0.3) is 0 Å². The molecule has 1 atom stereocenters. The second kappa shape index (κ2) is 6.14. The summed E-state index contributed by atoms with van der Waals surface area (Å²) in [5.74, 6) is 1.51. The highest BCUT2D eigenvalue weighted by Crippen LogP contribution is 2.26. The molecule has 0 aromatic carbocycles. The lowest BCUT2D eigenvalue weighted by Gasteiger charge is -2.15. The Kier molecular flexibility index (Phi) is 5.50. The Hall–Kier alpha value is 0.470. The van der Waals surface area contributed by atoms with Crippen LogP contribution >= 0.6 is 38.9 Å². The zero-order chi connectivity index (χ0) is 10.6. The van der Waals surface area contributed by atoms with E-state index in [-0.39, 0.29) is 0 Å². The Labute approximate surface area is 104 Å². The third kappa shape index (κ3) is 4.33. The first-order valence-corrected chi connectivity index (χ1v) is 7.23. The smallest absolute Gasteiger partial charge is 0.0931 e. The first-order chi connectivity index (χ1) is 6.61. The molecule has 14 heavy (non-hydrogen) atoms. The Morgan fingerprint density at radius 2 is 2.14 bits per heavy atom. The monoisotopic (exact) mass is 294 g/mol. The van der Waals surface area contributed by atoms with Crippen LogP contribution in [0.5, 0.6) is 0 Å². The van der Waals surface area contributed by atoms with Crippen molar-refractivity contribution in [2.45, 2.75) is 26.7 Å². The average Bonchev–Trinajstić information content (AvgIpc) is 2.49. The Morgan fingerprint density at radius 3 is 2.57 bits per heavy atom. The van der Waals surface area contributed by atoms with Gasteiger partial charge in [-0.15, -0.1) is 11.3 Å². The van der Waals surface area contributed by atoms with Crippen LogP contribution in [0.4, 0.5) is 0 Å². The zero-order valence-corrected chi connectivity index (χ0v) is 11.8. The summed E-state index contributed by atoms with van der Waals surface area (Å²) < 4.78 is 0.901. The fraction of sp³-hybridized carbons (Fsp3) is 0.636. The van der Waals surface area contributed by atoms with Crippen LogP contribution in [0.3, 0.4) is 0 Å². The van der Waals surface area contributed by atoms with Crippen molar-refractivity contribution in [3.8, 4) is 0 Å². The van der Waals surface area contributed by atoms with Crippen molar-refractivity contribution in [1.82, 2.24) is 0 Å². The molecule has 0 fully saturated rings. The molecule has 80 valence electrons. The summed E-state index contributed by atoms with van der Waals surface area (Å²) in [6.45, 7) is 4.55. The van der Waals surface area contributed by atoms with Crippen LogP contribution in [0.25, 0.3) is 0 Å². The van der Waals surface area contributed by atoms with Crippen LogP contribution in [0.15, 0.2) is 12.1 Å². The predicted octanol–water partition coefficient (Wildman–Crippen LogP) is 5.00. The third-order valence-corrected chi connectivity index (χ3v) is 4.31. The highest BCUT2D eigenvalue weighted by molar-refractivity contribution is 9.09. The second-order valence-electron chi connectivity index (χ2n) is 4.06. The maximum absolute atomic E-state index is 5.90. The summed E-state index contributed by atoms with van der Waals surface area (Å²) in [7, 11) is 0. The minimum atomic E-state index is 0.740. The summed E-state index contributed by atoms with van der Waals surface area (Å²) in [4.78, 5) is 1.40. The van der Waals surface area contributed by atoms with E-state index in [9.17, 15) is 0 Å². The molecule has 0 aliphatic rings. The molecule has 1 heterocycles. The van der Waals surface area contributed by atoms with Crippen molar-refractivity contribution in [3.63, 3.8) is 0 Å². The molecule has 0 saturated heterocycles. The van der Waals surface area contributed by atoms with E-state index < -0.39 is 0 Å². The molecule has 0 spiro atoms. The molecular weight excluding hydrogens is 280 g/mol. The van der Waals surface area contributed by atoms with E-state index in [4.69, 9.17) is 11.6 Å². The highest BCUT2D eigenvalue weighted by Gasteiger charge is 2.11. The van der Waals surface area contributed by atoms with Crippen LogP contribution < -0.4 is 0 Å². The van der Waals surface area contributed by atoms with Crippen molar-refractivity contribution >= 4 is 38.9 Å². The van der Waals surface area contributed by atoms with Gasteiger partial charge >= 0.3 is 0 Å². The van der Waals surface area contributed by atoms with Gasteiger partial charge < -0.3 is 0 Å². The van der Waals surface area contributed by atoms with Gasteiger partial charge in [0.1, 0.15) is 0 Å². The fourth-order valence-corrected chi connectivity index (χ4v) is 3.31. The lowest BCUT2D eigenvalue weighted by Crippen LogP contribution is -2.08. The standard InChI is InChI=1S/C11H16BrClS/c1-8(2)5-9(7-12)6-10-3-4-11(13)14-10/h3-4,8-9H,5-7H2,1-2H3. The first-order valence-electron chi connectivity index (χ1n) is 4.92. The Morgan fingerprint density at radius 1 is 1.43 bits per heavy atom. The van der Waals surface area contributed by atoms with Gasteiger partial charge in [0.15, 0.2) is 0 Å². The van der Waals surface area contributed by atoms with Crippen molar-refractivity contribution < 1.29 is 0 Å². The number of hydrogen-bond donors (Lipinski definition) is 0. The lowest BCUT2D eigenvalue weighted by molar-refractivity contribution is 0.447. The molecule has 0 saturated carbocycles. The molecule has 1 rings (SSSR count). The van der Waals surface area contributed by atoms with E-state index in [0.29, 0.717) is 0 Å². The number of alkyl halides is 1. The maximum atomic E-state index is 5.90. The van der Waals surface area contributed by atoms with Crippen LogP contribution in [-0.2, 0) is 6.42 Å². The van der Waals surface area contributed by atoms with Crippen molar-refractivity contribution in [1.29, 1.82) is 0 Å². The fourth-order valence-electron chi connectivity index (χ4n) is 1.61. The van der Waals surface area contributed by atoms with E-state index in [1.165, 1.54) is 11.3 Å². The average molecular weight is 296 g/mol. The molecule has 0 N–H and O–H groups in total. The predicted molar refractivity (Wildman–Crippen MR) is 69.8 cm³/mol. The maximum Gasteiger partial charge on any atom is 0.0931 e. The van der Waals surface area contributed by atoms with Crippen molar-refractivity contribution in [2.75, 3.05) is 5.33 Å². The molecule has 1 unspecified atom stereocenters. The number of thiophene rings is 1. The van der Waals surface area contributed by atoms with Gasteiger partial charge in [-0.25, -0.2) is 0 Å². The highest BCUT2D eigenvalue weighted by atomic mass is 79.9. The van der Waals surface area contributed by atoms with Crippen LogP contribution in [0.2, 0.25) is 4.34 Å². The number of hydrogen-bond acceptors (Lipinski definition) is 1. The molecule has 3 heteroatoms. The normalized spacial score (nSPS) is 13.5. The SMILES string of the molecule is CC(C)CC(CBr)Cc1ccc(Cl)s1. The van der Waals surface area contributed by atoms with Gasteiger partial charge in [-0.2, -0.15) is 0 Å². The Bertz CT molecular complexity index is 270. The quantitative estimate of drug-likeness (QED) is 0.671. The van der Waals surface area contributed by atoms with Gasteiger partial charge in [-0.05, 0) is 36.8 Å². The van der Waals surface area contributed by atoms with E-state index >= 15 is 0 Å². The van der Waals surface area contributed by atoms with Gasteiger partial charge in [0.05, 0.1) is 4.34 Å². The molecule has 0 aliphatic heterocycles. The van der Waals surface area contributed by atoms with Gasteiger partial charge in [-0.1, -0.05) is 41.4 Å². The zero-order valence-electron chi connectivity index (χ0n) is 8.59. The number of rotatable bonds is 5. The summed E-state index contributed by atoms with van der Waals surface area (Å²) >= 11 is 11.2. The third-order valence-electron chi connectivity index (χ3n) is 2.14. The Balaban J connectivity index is 2.48. The van der Waals surface area contributed by atoms with Crippen LogP contribution in [0, 0.1) is 11.8 Å². The van der Waals surface area contributed by atoms with Crippen LogP contribution in [-0.4, -0.2) is 5.33 Å². The minimum Gasteiger partial charge on any atom is -0.128 e. The van der Waals surface area contributed by atoms with E-state index in [0.717, 1.165) is 27.9 Å². The topological polar surface area (TPSA) is 0 Å². The lowest BCUT2D eigenvalue weighted by atomic mass is 9.95. The van der Waals surface area contributed by atoms with E-state index in [1.54, 1.807) is 11.3 Å². The van der Waals surface area contributed by atoms with Gasteiger partial charge in [0.2, 0.25) is 0 Å². The van der Waals surface area contributed by atoms with E-state index in [2.05, 4.69) is 35.8 Å². The summed E-state index contributed by atoms with van der Waals surface area (Å²) in [6.07, 6.45) is 2.43. The summed E-state index contributed by atoms with van der Waals surface area (Å²) in [5, 5.41) is 1.08. The van der Waals surface area contributed by atoms with Crippen molar-refractivity contribution in [2.24, 2.45) is 11.8 Å². The molecule has 0 amide bonds. The molecule has 0 nitrogen and oxygen atoms in total. The number of halogens is 2. The van der Waals surface area contributed by atoms with Gasteiger partial charge in [-0.3, -0.25) is 0 Å². The van der Waals surface area contributed by atoms with Crippen molar-refractivity contribution in [3.05, 3.63) is 21.3 Å². The summed E-state index contributed by atoms with van der Waals surface area (Å²) in [5.41, 5.74) is 0. The molecular formula is C11H16BrClS. The molecule has 0 aliphatic carbocycles. The first kappa shape index (κ1) is 12.5. The second-order valence-corrected chi connectivity index (χ2v) is 6.51. The minimum absolute atomic E-state index is 0.740. The molecule has 0 bridgehead atoms. The van der Waals surface area contributed by atoms with Crippen LogP contribution in [0.1, 0.15) is 25.1 Å². The summed E-state index contributed by atoms with van der Waals surface area (Å²) in [6, 6.07) is 4.13. The molecule has 1 aromatic rings. The largest absolute Gasteiger partial charge is 0.128 e. The van der Waals surface area contributed by atoms with E-state index in [1.807, 2.05) is 6.07 Å². The molecule has 1 aromatic heterocycles. The van der Waals surface area contributed by atoms with Gasteiger partial charge in [0, 0.05) is 10.2 Å².